The molecule has 4 aliphatic carbocycles. The number of fused-ring (bicyclic) bond motifs is 3. The third-order valence-electron chi connectivity index (χ3n) is 10.2. The van der Waals surface area contributed by atoms with Crippen LogP contribution in [0.25, 0.3) is 0 Å². The molecular formula is C29H39NO6. The smallest absolute Gasteiger partial charge is 0.340 e. The molecule has 1 heterocycles. The predicted octanol–water partition coefficient (Wildman–Crippen LogP) is 3.12. The zero-order valence-corrected chi connectivity index (χ0v) is 22.3. The topological polar surface area (TPSA) is 109 Å². The average molecular weight is 498 g/mol. The first-order valence-electron chi connectivity index (χ1n) is 13.1. The van der Waals surface area contributed by atoms with Crippen LogP contribution >= 0.6 is 0 Å². The highest BCUT2D eigenvalue weighted by Crippen LogP contribution is 2.71. The van der Waals surface area contributed by atoms with Gasteiger partial charge in [0.25, 0.3) is 0 Å². The van der Waals surface area contributed by atoms with Crippen molar-refractivity contribution in [1.82, 2.24) is 4.57 Å². The molecule has 2 saturated carbocycles. The molecule has 8 atom stereocenters. The second-order valence-corrected chi connectivity index (χ2v) is 12.2. The number of esters is 1. The average Bonchev–Trinajstić information content (AvgIpc) is 3.14. The van der Waals surface area contributed by atoms with E-state index in [0.29, 0.717) is 23.6 Å². The lowest BCUT2D eigenvalue weighted by Gasteiger charge is -2.48. The SMILES string of the molecule is CCn1cc(C)c(C(=O)O[C@H]2C(C)=C[C@]34C(=O)[C@@H](C=C(CO)[C@@H](O)[C@]23O)[C@H]2[C@@H](C[C@H]4C)C2(C)C)c1C. The Balaban J connectivity index is 1.63. The lowest BCUT2D eigenvalue weighted by molar-refractivity contribution is -0.190. The summed E-state index contributed by atoms with van der Waals surface area (Å²) in [6.45, 7) is 13.9. The van der Waals surface area contributed by atoms with Gasteiger partial charge in [0.1, 0.15) is 6.10 Å². The molecule has 4 aliphatic rings. The highest BCUT2D eigenvalue weighted by atomic mass is 16.6. The number of Topliss-reactive ketones (excluding diaryl/α,β-unsaturated/α-hetero) is 1. The molecule has 2 bridgehead atoms. The van der Waals surface area contributed by atoms with E-state index in [4.69, 9.17) is 4.74 Å². The number of ketones is 1. The quantitative estimate of drug-likeness (QED) is 0.436. The van der Waals surface area contributed by atoms with E-state index in [1.54, 1.807) is 19.1 Å². The summed E-state index contributed by atoms with van der Waals surface area (Å²) < 4.78 is 7.99. The number of rotatable bonds is 4. The van der Waals surface area contributed by atoms with E-state index in [1.807, 2.05) is 38.5 Å². The number of aliphatic hydroxyl groups is 3. The van der Waals surface area contributed by atoms with Crippen LogP contribution in [-0.4, -0.2) is 56.1 Å². The number of aromatic nitrogens is 1. The van der Waals surface area contributed by atoms with Crippen molar-refractivity contribution in [2.75, 3.05) is 6.61 Å². The predicted molar refractivity (Wildman–Crippen MR) is 134 cm³/mol. The highest BCUT2D eigenvalue weighted by Gasteiger charge is 2.76. The standard InChI is InChI=1S/C29H39NO6/c1-8-30-12-15(3)21(17(30)5)26(34)36-25-14(2)11-28-16(4)9-20-22(27(20,6)7)19(24(28)33)10-18(13-31)23(32)29(25,28)35/h10-12,16,19-20,22-23,25,31-32,35H,8-9,13H2,1-7H3/t16-,19+,20-,22+,23-,25+,28+,29+/m1/s1. The van der Waals surface area contributed by atoms with Crippen LogP contribution in [0.3, 0.4) is 0 Å². The van der Waals surface area contributed by atoms with E-state index in [2.05, 4.69) is 13.8 Å². The van der Waals surface area contributed by atoms with Gasteiger partial charge in [-0.2, -0.15) is 0 Å². The Morgan fingerprint density at radius 3 is 2.50 bits per heavy atom. The molecule has 2 fully saturated rings. The summed E-state index contributed by atoms with van der Waals surface area (Å²) in [6, 6.07) is 0. The van der Waals surface area contributed by atoms with Crippen LogP contribution in [0.5, 0.6) is 0 Å². The van der Waals surface area contributed by atoms with Gasteiger partial charge in [-0.1, -0.05) is 32.9 Å². The normalized spacial score (nSPS) is 40.4. The Morgan fingerprint density at radius 1 is 1.25 bits per heavy atom. The van der Waals surface area contributed by atoms with Crippen molar-refractivity contribution in [3.8, 4) is 0 Å². The molecule has 3 N–H and O–H groups in total. The summed E-state index contributed by atoms with van der Waals surface area (Å²) in [5.41, 5.74) is -0.878. The fourth-order valence-corrected chi connectivity index (χ4v) is 8.22. The van der Waals surface area contributed by atoms with Gasteiger partial charge in [-0.25, -0.2) is 4.79 Å². The molecule has 196 valence electrons. The Hall–Kier alpha value is -2.22. The molecule has 1 aromatic rings. The molecular weight excluding hydrogens is 458 g/mol. The molecule has 0 amide bonds. The van der Waals surface area contributed by atoms with Crippen molar-refractivity contribution in [3.63, 3.8) is 0 Å². The van der Waals surface area contributed by atoms with E-state index in [-0.39, 0.29) is 28.6 Å². The van der Waals surface area contributed by atoms with Crippen molar-refractivity contribution in [3.05, 3.63) is 46.3 Å². The molecule has 7 nitrogen and oxygen atoms in total. The van der Waals surface area contributed by atoms with Gasteiger partial charge in [0.05, 0.1) is 17.6 Å². The Labute approximate surface area is 212 Å². The van der Waals surface area contributed by atoms with Crippen molar-refractivity contribution < 1.29 is 29.6 Å². The fourth-order valence-electron chi connectivity index (χ4n) is 8.22. The van der Waals surface area contributed by atoms with Crippen LogP contribution in [0.2, 0.25) is 0 Å². The number of aryl methyl sites for hydroxylation is 2. The third kappa shape index (κ3) is 2.91. The van der Waals surface area contributed by atoms with Gasteiger partial charge < -0.3 is 24.6 Å². The molecule has 0 saturated heterocycles. The maximum absolute atomic E-state index is 14.4. The summed E-state index contributed by atoms with van der Waals surface area (Å²) in [5.74, 6) is -1.19. The molecule has 5 rings (SSSR count). The molecule has 7 heteroatoms. The van der Waals surface area contributed by atoms with Gasteiger partial charge in [0.15, 0.2) is 17.5 Å². The van der Waals surface area contributed by atoms with Crippen LogP contribution in [0.4, 0.5) is 0 Å². The molecule has 0 radical (unpaired) electrons. The van der Waals surface area contributed by atoms with Crippen LogP contribution < -0.4 is 0 Å². The number of hydrogen-bond donors (Lipinski definition) is 3. The van der Waals surface area contributed by atoms with Crippen molar-refractivity contribution >= 4 is 11.8 Å². The number of ether oxygens (including phenoxy) is 1. The number of carbonyl (C=O) groups is 2. The van der Waals surface area contributed by atoms with E-state index < -0.39 is 41.7 Å². The molecule has 1 spiro atoms. The van der Waals surface area contributed by atoms with Crippen molar-refractivity contribution in [1.29, 1.82) is 0 Å². The molecule has 0 aliphatic heterocycles. The van der Waals surface area contributed by atoms with E-state index in [0.717, 1.165) is 17.7 Å². The van der Waals surface area contributed by atoms with Gasteiger partial charge in [-0.05, 0) is 74.0 Å². The summed E-state index contributed by atoms with van der Waals surface area (Å²) >= 11 is 0. The number of aliphatic hydroxyl groups excluding tert-OH is 2. The monoisotopic (exact) mass is 497 g/mol. The zero-order chi connectivity index (χ0) is 26.5. The lowest BCUT2D eigenvalue weighted by atomic mass is 9.59. The molecule has 36 heavy (non-hydrogen) atoms. The first-order chi connectivity index (χ1) is 16.8. The highest BCUT2D eigenvalue weighted by molar-refractivity contribution is 5.96. The lowest BCUT2D eigenvalue weighted by Crippen LogP contribution is -2.65. The first-order valence-corrected chi connectivity index (χ1v) is 13.1. The largest absolute Gasteiger partial charge is 0.451 e. The minimum absolute atomic E-state index is 0.0363. The Kier molecular flexibility index (Phi) is 5.57. The number of allylic oxidation sites excluding steroid dienone is 1. The maximum Gasteiger partial charge on any atom is 0.340 e. The van der Waals surface area contributed by atoms with Gasteiger partial charge in [0.2, 0.25) is 0 Å². The van der Waals surface area contributed by atoms with Crippen molar-refractivity contribution in [2.24, 2.45) is 34.5 Å². The summed E-state index contributed by atoms with van der Waals surface area (Å²) in [6.07, 6.45) is 3.27. The molecule has 0 unspecified atom stereocenters. The van der Waals surface area contributed by atoms with Crippen LogP contribution in [0, 0.1) is 48.3 Å². The zero-order valence-electron chi connectivity index (χ0n) is 22.3. The minimum Gasteiger partial charge on any atom is -0.451 e. The molecule has 0 aromatic carbocycles. The summed E-state index contributed by atoms with van der Waals surface area (Å²) in [5, 5.41) is 34.4. The van der Waals surface area contributed by atoms with Gasteiger partial charge in [-0.3, -0.25) is 4.79 Å². The number of nitrogens with zero attached hydrogens (tertiary/aromatic N) is 1. The minimum atomic E-state index is -2.12. The first kappa shape index (κ1) is 25.4. The van der Waals surface area contributed by atoms with E-state index >= 15 is 0 Å². The Morgan fingerprint density at radius 2 is 1.92 bits per heavy atom. The number of carbonyl (C=O) groups excluding carboxylic acids is 2. The van der Waals surface area contributed by atoms with Crippen molar-refractivity contribution in [2.45, 2.75) is 79.2 Å². The Bertz CT molecular complexity index is 1210. The maximum atomic E-state index is 14.4. The van der Waals surface area contributed by atoms with Crippen LogP contribution in [0.15, 0.2) is 29.5 Å². The summed E-state index contributed by atoms with van der Waals surface area (Å²) in [7, 11) is 0. The van der Waals surface area contributed by atoms with Crippen LogP contribution in [0.1, 0.15) is 62.7 Å². The number of hydrogen-bond acceptors (Lipinski definition) is 6. The van der Waals surface area contributed by atoms with E-state index in [9.17, 15) is 24.9 Å². The van der Waals surface area contributed by atoms with E-state index in [1.165, 1.54) is 0 Å². The third-order valence-corrected chi connectivity index (χ3v) is 10.2. The van der Waals surface area contributed by atoms with Gasteiger partial charge in [-0.15, -0.1) is 0 Å². The van der Waals surface area contributed by atoms with Gasteiger partial charge >= 0.3 is 5.97 Å². The fraction of sp³-hybridized carbons (Fsp3) is 0.655. The second-order valence-electron chi connectivity index (χ2n) is 12.2. The summed E-state index contributed by atoms with van der Waals surface area (Å²) in [4.78, 5) is 27.9. The molecule has 1 aromatic heterocycles. The van der Waals surface area contributed by atoms with Gasteiger partial charge in [0, 0.05) is 24.4 Å². The van der Waals surface area contributed by atoms with Crippen LogP contribution in [-0.2, 0) is 16.1 Å². The second kappa shape index (κ2) is 7.89.